The lowest BCUT2D eigenvalue weighted by atomic mass is 10.1. The van der Waals surface area contributed by atoms with Crippen molar-refractivity contribution in [1.82, 2.24) is 10.2 Å². The van der Waals surface area contributed by atoms with Crippen molar-refractivity contribution >= 4 is 23.3 Å². The van der Waals surface area contributed by atoms with Gasteiger partial charge in [0, 0.05) is 37.1 Å². The average molecular weight is 356 g/mol. The van der Waals surface area contributed by atoms with Crippen molar-refractivity contribution in [3.05, 3.63) is 63.4 Å². The van der Waals surface area contributed by atoms with Crippen LogP contribution in [0, 0.1) is 6.92 Å². The van der Waals surface area contributed by atoms with Gasteiger partial charge in [0.25, 0.3) is 0 Å². The fourth-order valence-electron chi connectivity index (χ4n) is 2.83. The highest BCUT2D eigenvalue weighted by Crippen LogP contribution is 2.17. The molecule has 0 bridgehead atoms. The van der Waals surface area contributed by atoms with Crippen molar-refractivity contribution in [3.8, 4) is 0 Å². The fourth-order valence-corrected chi connectivity index (χ4v) is 3.65. The average Bonchev–Trinajstić information content (AvgIpc) is 3.05. The van der Waals surface area contributed by atoms with E-state index in [0.29, 0.717) is 6.54 Å². The quantitative estimate of drug-likeness (QED) is 0.808. The minimum absolute atomic E-state index is 0.0611. The van der Waals surface area contributed by atoms with Gasteiger partial charge >= 0.3 is 0 Å². The van der Waals surface area contributed by atoms with Gasteiger partial charge in [0.15, 0.2) is 0 Å². The summed E-state index contributed by atoms with van der Waals surface area (Å²) in [6.45, 7) is 7.02. The van der Waals surface area contributed by atoms with E-state index in [-0.39, 0.29) is 5.91 Å². The van der Waals surface area contributed by atoms with Crippen LogP contribution in [0.3, 0.4) is 0 Å². The summed E-state index contributed by atoms with van der Waals surface area (Å²) in [7, 11) is 0. The largest absolute Gasteiger partial charge is 0.379 e. The molecule has 132 valence electrons. The predicted molar refractivity (Wildman–Crippen MR) is 102 cm³/mol. The van der Waals surface area contributed by atoms with E-state index >= 15 is 0 Å². The van der Waals surface area contributed by atoms with Crippen molar-refractivity contribution in [2.45, 2.75) is 20.0 Å². The number of aryl methyl sites for hydroxylation is 1. The van der Waals surface area contributed by atoms with Gasteiger partial charge in [0.2, 0.25) is 5.91 Å². The summed E-state index contributed by atoms with van der Waals surface area (Å²) < 4.78 is 5.41. The Hall–Kier alpha value is -1.95. The Morgan fingerprint density at radius 3 is 2.72 bits per heavy atom. The number of nitrogens with zero attached hydrogens (tertiary/aromatic N) is 1. The number of rotatable bonds is 6. The highest BCUT2D eigenvalue weighted by Gasteiger charge is 2.12. The summed E-state index contributed by atoms with van der Waals surface area (Å²) in [5, 5.41) is 5.03. The molecule has 25 heavy (non-hydrogen) atoms. The third-order valence-electron chi connectivity index (χ3n) is 4.36. The lowest BCUT2D eigenvalue weighted by Crippen LogP contribution is -2.36. The van der Waals surface area contributed by atoms with Gasteiger partial charge in [-0.05, 0) is 41.1 Å². The minimum Gasteiger partial charge on any atom is -0.379 e. The summed E-state index contributed by atoms with van der Waals surface area (Å²) in [6.07, 6.45) is 3.50. The van der Waals surface area contributed by atoms with E-state index in [9.17, 15) is 4.79 Å². The van der Waals surface area contributed by atoms with Crippen LogP contribution in [0.25, 0.3) is 6.08 Å². The van der Waals surface area contributed by atoms with Crippen molar-refractivity contribution in [2.75, 3.05) is 26.3 Å². The van der Waals surface area contributed by atoms with Gasteiger partial charge in [0.1, 0.15) is 0 Å². The van der Waals surface area contributed by atoms with Crippen molar-refractivity contribution in [2.24, 2.45) is 0 Å². The number of ether oxygens (including phenoxy) is 1. The van der Waals surface area contributed by atoms with E-state index in [4.69, 9.17) is 4.74 Å². The van der Waals surface area contributed by atoms with Gasteiger partial charge in [-0.3, -0.25) is 9.69 Å². The maximum Gasteiger partial charge on any atom is 0.244 e. The van der Waals surface area contributed by atoms with Crippen LogP contribution in [0.5, 0.6) is 0 Å². The molecule has 0 spiro atoms. The zero-order chi connectivity index (χ0) is 17.5. The number of morpholine rings is 1. The van der Waals surface area contributed by atoms with E-state index < -0.39 is 0 Å². The number of thiophene rings is 1. The molecule has 1 aliphatic heterocycles. The van der Waals surface area contributed by atoms with Crippen molar-refractivity contribution < 1.29 is 9.53 Å². The highest BCUT2D eigenvalue weighted by atomic mass is 32.1. The van der Waals surface area contributed by atoms with Crippen LogP contribution in [-0.2, 0) is 22.6 Å². The number of benzene rings is 1. The lowest BCUT2D eigenvalue weighted by molar-refractivity contribution is -0.116. The second-order valence-corrected chi connectivity index (χ2v) is 7.12. The molecule has 1 saturated heterocycles. The summed E-state index contributed by atoms with van der Waals surface area (Å²) in [5.74, 6) is -0.0611. The Morgan fingerprint density at radius 2 is 2.00 bits per heavy atom. The molecule has 1 aromatic carbocycles. The number of carbonyl (C=O) groups excluding carboxylic acids is 1. The Morgan fingerprint density at radius 1 is 1.24 bits per heavy atom. The van der Waals surface area contributed by atoms with Gasteiger partial charge < -0.3 is 10.1 Å². The predicted octanol–water partition coefficient (Wildman–Crippen LogP) is 3.22. The lowest BCUT2D eigenvalue weighted by Gasteiger charge is -2.27. The minimum atomic E-state index is -0.0611. The smallest absolute Gasteiger partial charge is 0.244 e. The Kier molecular flexibility index (Phi) is 6.39. The molecule has 0 aliphatic carbocycles. The van der Waals surface area contributed by atoms with Crippen LogP contribution in [0.1, 0.15) is 21.6 Å². The molecule has 1 fully saturated rings. The molecule has 0 radical (unpaired) electrons. The standard InChI is InChI=1S/C20H24N2O2S/c1-16-8-13-25-19(16)6-7-20(23)21-14-17-4-2-3-5-18(17)15-22-9-11-24-12-10-22/h2-8,13H,9-12,14-15H2,1H3,(H,21,23)/b7-6+. The second-order valence-electron chi connectivity index (χ2n) is 6.18. The molecular weight excluding hydrogens is 332 g/mol. The molecule has 5 heteroatoms. The first-order valence-electron chi connectivity index (χ1n) is 8.59. The third kappa shape index (κ3) is 5.26. The topological polar surface area (TPSA) is 41.6 Å². The highest BCUT2D eigenvalue weighted by molar-refractivity contribution is 7.11. The molecule has 1 N–H and O–H groups in total. The van der Waals surface area contributed by atoms with Crippen LogP contribution in [0.2, 0.25) is 0 Å². The molecule has 0 unspecified atom stereocenters. The maximum atomic E-state index is 12.1. The van der Waals surface area contributed by atoms with E-state index in [1.807, 2.05) is 17.5 Å². The summed E-state index contributed by atoms with van der Waals surface area (Å²) in [4.78, 5) is 15.6. The molecule has 3 rings (SSSR count). The SMILES string of the molecule is Cc1ccsc1/C=C/C(=O)NCc1ccccc1CN1CCOCC1. The summed E-state index contributed by atoms with van der Waals surface area (Å²) >= 11 is 1.65. The van der Waals surface area contributed by atoms with Crippen LogP contribution >= 0.6 is 11.3 Å². The van der Waals surface area contributed by atoms with Gasteiger partial charge in [-0.15, -0.1) is 11.3 Å². The van der Waals surface area contributed by atoms with Gasteiger partial charge in [-0.1, -0.05) is 24.3 Å². The molecule has 2 heterocycles. The van der Waals surface area contributed by atoms with Gasteiger partial charge in [-0.2, -0.15) is 0 Å². The van der Waals surface area contributed by atoms with Gasteiger partial charge in [0.05, 0.1) is 13.2 Å². The first-order valence-corrected chi connectivity index (χ1v) is 9.47. The fraction of sp³-hybridized carbons (Fsp3) is 0.350. The number of nitrogens with one attached hydrogen (secondary N) is 1. The third-order valence-corrected chi connectivity index (χ3v) is 5.34. The summed E-state index contributed by atoms with van der Waals surface area (Å²) in [6, 6.07) is 10.4. The molecule has 1 aliphatic rings. The molecule has 0 saturated carbocycles. The van der Waals surface area contributed by atoms with Gasteiger partial charge in [-0.25, -0.2) is 0 Å². The van der Waals surface area contributed by atoms with E-state index in [0.717, 1.165) is 37.7 Å². The normalized spacial score (nSPS) is 15.6. The number of hydrogen-bond donors (Lipinski definition) is 1. The van der Waals surface area contributed by atoms with Crippen molar-refractivity contribution in [1.29, 1.82) is 0 Å². The maximum absolute atomic E-state index is 12.1. The van der Waals surface area contributed by atoms with Crippen LogP contribution < -0.4 is 5.32 Å². The molecule has 0 atom stereocenters. The van der Waals surface area contributed by atoms with Crippen molar-refractivity contribution in [3.63, 3.8) is 0 Å². The number of amides is 1. The van der Waals surface area contributed by atoms with E-state index in [2.05, 4.69) is 41.4 Å². The Labute approximate surface area is 153 Å². The first kappa shape index (κ1) is 17.9. The van der Waals surface area contributed by atoms with Crippen LogP contribution in [0.15, 0.2) is 41.8 Å². The molecule has 4 nitrogen and oxygen atoms in total. The van der Waals surface area contributed by atoms with E-state index in [1.165, 1.54) is 16.7 Å². The van der Waals surface area contributed by atoms with E-state index in [1.54, 1.807) is 17.4 Å². The van der Waals surface area contributed by atoms with Crippen LogP contribution in [0.4, 0.5) is 0 Å². The summed E-state index contributed by atoms with van der Waals surface area (Å²) in [5.41, 5.74) is 3.63. The molecule has 1 aromatic heterocycles. The molecule has 2 aromatic rings. The first-order chi connectivity index (χ1) is 12.2. The molecular formula is C20H24N2O2S. The Balaban J connectivity index is 1.56. The monoisotopic (exact) mass is 356 g/mol. The zero-order valence-corrected chi connectivity index (χ0v) is 15.3. The van der Waals surface area contributed by atoms with Crippen LogP contribution in [-0.4, -0.2) is 37.1 Å². The number of carbonyl (C=O) groups is 1. The zero-order valence-electron chi connectivity index (χ0n) is 14.5. The molecule has 1 amide bonds. The second kappa shape index (κ2) is 8.94. The number of hydrogen-bond acceptors (Lipinski definition) is 4. The Bertz CT molecular complexity index is 733.